The van der Waals surface area contributed by atoms with Crippen LogP contribution in [-0.4, -0.2) is 14.8 Å². The number of pyridine rings is 1. The highest BCUT2D eigenvalue weighted by molar-refractivity contribution is 7.80. The van der Waals surface area contributed by atoms with E-state index < -0.39 is 0 Å². The molecule has 2 heterocycles. The molecular formula is C10H12N4S. The molecule has 15 heavy (non-hydrogen) atoms. The van der Waals surface area contributed by atoms with Crippen LogP contribution < -0.4 is 5.73 Å². The molecule has 0 aliphatic heterocycles. The summed E-state index contributed by atoms with van der Waals surface area (Å²) in [4.78, 5) is 4.96. The third-order valence-electron chi connectivity index (χ3n) is 2.25. The van der Waals surface area contributed by atoms with Gasteiger partial charge in [-0.1, -0.05) is 6.07 Å². The summed E-state index contributed by atoms with van der Waals surface area (Å²) in [5, 5.41) is 4.29. The Morgan fingerprint density at radius 1 is 1.40 bits per heavy atom. The SMILES string of the molecule is Cc1cccnc1-n1nc(C)c(S)c1N. The number of nitrogen functional groups attached to an aromatic ring is 1. The Kier molecular flexibility index (Phi) is 2.40. The molecule has 0 saturated carbocycles. The number of aromatic nitrogens is 3. The van der Waals surface area contributed by atoms with Crippen LogP contribution in [0.15, 0.2) is 23.2 Å². The first kappa shape index (κ1) is 10.0. The second-order valence-electron chi connectivity index (χ2n) is 3.37. The lowest BCUT2D eigenvalue weighted by Gasteiger charge is -2.05. The molecule has 4 nitrogen and oxygen atoms in total. The van der Waals surface area contributed by atoms with Crippen LogP contribution in [-0.2, 0) is 0 Å². The van der Waals surface area contributed by atoms with Crippen LogP contribution in [0.1, 0.15) is 11.3 Å². The molecule has 0 saturated heterocycles. The molecule has 0 aromatic carbocycles. The van der Waals surface area contributed by atoms with Gasteiger partial charge in [0.1, 0.15) is 5.82 Å². The summed E-state index contributed by atoms with van der Waals surface area (Å²) in [5.41, 5.74) is 7.72. The molecule has 2 rings (SSSR count). The zero-order chi connectivity index (χ0) is 11.0. The van der Waals surface area contributed by atoms with Crippen molar-refractivity contribution in [3.05, 3.63) is 29.6 Å². The Bertz CT molecular complexity index is 504. The first-order valence-electron chi connectivity index (χ1n) is 4.57. The van der Waals surface area contributed by atoms with E-state index in [0.29, 0.717) is 10.7 Å². The molecule has 0 radical (unpaired) electrons. The van der Waals surface area contributed by atoms with Gasteiger partial charge in [0.15, 0.2) is 5.82 Å². The first-order valence-corrected chi connectivity index (χ1v) is 5.02. The average Bonchev–Trinajstić information content (AvgIpc) is 2.47. The monoisotopic (exact) mass is 220 g/mol. The molecule has 0 atom stereocenters. The van der Waals surface area contributed by atoms with Crippen molar-refractivity contribution in [1.82, 2.24) is 14.8 Å². The standard InChI is InChI=1S/C10H12N4S/c1-6-4-3-5-12-10(6)14-9(11)8(15)7(2)13-14/h3-5,15H,11H2,1-2H3. The van der Waals surface area contributed by atoms with Crippen molar-refractivity contribution in [2.75, 3.05) is 5.73 Å². The molecule has 2 N–H and O–H groups in total. The number of hydrogen-bond donors (Lipinski definition) is 2. The number of rotatable bonds is 1. The van der Waals surface area contributed by atoms with Crippen molar-refractivity contribution < 1.29 is 0 Å². The predicted octanol–water partition coefficient (Wildman–Crippen LogP) is 1.76. The van der Waals surface area contributed by atoms with Crippen LogP contribution in [0.4, 0.5) is 5.82 Å². The molecule has 0 spiro atoms. The van der Waals surface area contributed by atoms with Gasteiger partial charge in [-0.25, -0.2) is 4.98 Å². The van der Waals surface area contributed by atoms with E-state index >= 15 is 0 Å². The molecule has 2 aromatic rings. The molecular weight excluding hydrogens is 208 g/mol. The Balaban J connectivity index is 2.65. The summed E-state index contributed by atoms with van der Waals surface area (Å²) in [7, 11) is 0. The van der Waals surface area contributed by atoms with Crippen molar-refractivity contribution in [2.24, 2.45) is 0 Å². The number of nitrogens with two attached hydrogens (primary N) is 1. The Hall–Kier alpha value is -1.49. The maximum absolute atomic E-state index is 5.89. The number of hydrogen-bond acceptors (Lipinski definition) is 4. The molecule has 2 aromatic heterocycles. The van der Waals surface area contributed by atoms with E-state index in [2.05, 4.69) is 22.7 Å². The van der Waals surface area contributed by atoms with Gasteiger partial charge in [0.05, 0.1) is 10.6 Å². The summed E-state index contributed by atoms with van der Waals surface area (Å²) in [5.74, 6) is 1.27. The summed E-state index contributed by atoms with van der Waals surface area (Å²) < 4.78 is 1.62. The third kappa shape index (κ3) is 1.59. The van der Waals surface area contributed by atoms with Gasteiger partial charge in [-0.15, -0.1) is 12.6 Å². The van der Waals surface area contributed by atoms with Crippen molar-refractivity contribution in [3.8, 4) is 5.82 Å². The van der Waals surface area contributed by atoms with E-state index in [1.807, 2.05) is 26.0 Å². The summed E-state index contributed by atoms with van der Waals surface area (Å²) in [6, 6.07) is 3.85. The summed E-state index contributed by atoms with van der Waals surface area (Å²) in [6.45, 7) is 3.84. The number of nitrogens with zero attached hydrogens (tertiary/aromatic N) is 3. The molecule has 0 aliphatic carbocycles. The van der Waals surface area contributed by atoms with E-state index in [4.69, 9.17) is 5.73 Å². The lowest BCUT2D eigenvalue weighted by atomic mass is 10.3. The maximum atomic E-state index is 5.89. The van der Waals surface area contributed by atoms with Crippen LogP contribution in [0.25, 0.3) is 5.82 Å². The van der Waals surface area contributed by atoms with Gasteiger partial charge in [0, 0.05) is 6.20 Å². The molecule has 0 fully saturated rings. The predicted molar refractivity (Wildman–Crippen MR) is 62.5 cm³/mol. The molecule has 0 aliphatic rings. The van der Waals surface area contributed by atoms with Gasteiger partial charge in [0.2, 0.25) is 0 Å². The highest BCUT2D eigenvalue weighted by Gasteiger charge is 2.12. The smallest absolute Gasteiger partial charge is 0.158 e. The fraction of sp³-hybridized carbons (Fsp3) is 0.200. The highest BCUT2D eigenvalue weighted by atomic mass is 32.1. The van der Waals surface area contributed by atoms with Crippen molar-refractivity contribution in [1.29, 1.82) is 0 Å². The lowest BCUT2D eigenvalue weighted by Crippen LogP contribution is -2.05. The largest absolute Gasteiger partial charge is 0.383 e. The summed E-state index contributed by atoms with van der Waals surface area (Å²) >= 11 is 4.28. The summed E-state index contributed by atoms with van der Waals surface area (Å²) in [6.07, 6.45) is 1.72. The van der Waals surface area contributed by atoms with Gasteiger partial charge in [-0.05, 0) is 25.5 Å². The quantitative estimate of drug-likeness (QED) is 0.720. The van der Waals surface area contributed by atoms with Gasteiger partial charge in [0.25, 0.3) is 0 Å². The van der Waals surface area contributed by atoms with Crippen molar-refractivity contribution >= 4 is 18.4 Å². The van der Waals surface area contributed by atoms with Crippen molar-refractivity contribution in [2.45, 2.75) is 18.7 Å². The third-order valence-corrected chi connectivity index (χ3v) is 2.80. The normalized spacial score (nSPS) is 10.6. The van der Waals surface area contributed by atoms with Crippen molar-refractivity contribution in [3.63, 3.8) is 0 Å². The molecule has 0 unspecified atom stereocenters. The second-order valence-corrected chi connectivity index (χ2v) is 3.82. The zero-order valence-corrected chi connectivity index (χ0v) is 9.49. The van der Waals surface area contributed by atoms with Gasteiger partial charge in [-0.3, -0.25) is 0 Å². The van der Waals surface area contributed by atoms with E-state index in [0.717, 1.165) is 17.1 Å². The van der Waals surface area contributed by atoms with Crippen LogP contribution in [0.2, 0.25) is 0 Å². The van der Waals surface area contributed by atoms with E-state index in [1.54, 1.807) is 10.9 Å². The van der Waals surface area contributed by atoms with Crippen LogP contribution in [0.3, 0.4) is 0 Å². The van der Waals surface area contributed by atoms with Gasteiger partial charge >= 0.3 is 0 Å². The van der Waals surface area contributed by atoms with Crippen LogP contribution in [0, 0.1) is 13.8 Å². The van der Waals surface area contributed by atoms with E-state index in [9.17, 15) is 0 Å². The minimum absolute atomic E-state index is 0.526. The lowest BCUT2D eigenvalue weighted by molar-refractivity contribution is 0.833. The Morgan fingerprint density at radius 2 is 2.13 bits per heavy atom. The van der Waals surface area contributed by atoms with E-state index in [1.165, 1.54) is 0 Å². The van der Waals surface area contributed by atoms with Gasteiger partial charge in [-0.2, -0.15) is 9.78 Å². The molecule has 0 bridgehead atoms. The van der Waals surface area contributed by atoms with E-state index in [-0.39, 0.29) is 0 Å². The first-order chi connectivity index (χ1) is 7.11. The minimum atomic E-state index is 0.526. The van der Waals surface area contributed by atoms with Crippen LogP contribution >= 0.6 is 12.6 Å². The molecule has 5 heteroatoms. The highest BCUT2D eigenvalue weighted by Crippen LogP contribution is 2.23. The topological polar surface area (TPSA) is 56.7 Å². The minimum Gasteiger partial charge on any atom is -0.383 e. The number of thiol groups is 1. The second kappa shape index (κ2) is 3.58. The fourth-order valence-electron chi connectivity index (χ4n) is 1.40. The van der Waals surface area contributed by atoms with Gasteiger partial charge < -0.3 is 5.73 Å². The number of anilines is 1. The number of aryl methyl sites for hydroxylation is 2. The Labute approximate surface area is 93.5 Å². The van der Waals surface area contributed by atoms with Crippen LogP contribution in [0.5, 0.6) is 0 Å². The Morgan fingerprint density at radius 3 is 2.67 bits per heavy atom. The molecule has 78 valence electrons. The zero-order valence-electron chi connectivity index (χ0n) is 8.60. The fourth-order valence-corrected chi connectivity index (χ4v) is 1.54. The average molecular weight is 220 g/mol. The molecule has 0 amide bonds. The maximum Gasteiger partial charge on any atom is 0.158 e.